The number of halogens is 1. The van der Waals surface area contributed by atoms with E-state index in [0.29, 0.717) is 17.3 Å². The van der Waals surface area contributed by atoms with Crippen LogP contribution in [-0.2, 0) is 0 Å². The van der Waals surface area contributed by atoms with Crippen LogP contribution in [0.4, 0.5) is 0 Å². The van der Waals surface area contributed by atoms with Crippen LogP contribution in [0.25, 0.3) is 0 Å². The molecule has 1 aromatic heterocycles. The summed E-state index contributed by atoms with van der Waals surface area (Å²) in [6.07, 6.45) is 1.52. The molecule has 0 saturated carbocycles. The second-order valence-corrected chi connectivity index (χ2v) is 5.72. The molecule has 1 N–H and O–H groups in total. The van der Waals surface area contributed by atoms with Crippen molar-refractivity contribution < 1.29 is 9.53 Å². The monoisotopic (exact) mass is 333 g/mol. The summed E-state index contributed by atoms with van der Waals surface area (Å²) in [5, 5.41) is 3.24. The summed E-state index contributed by atoms with van der Waals surface area (Å²) in [4.78, 5) is 18.2. The summed E-state index contributed by atoms with van der Waals surface area (Å²) in [5.41, 5.74) is 1.57. The van der Waals surface area contributed by atoms with Crippen molar-refractivity contribution in [3.05, 3.63) is 58.9 Å². The first-order valence-corrected chi connectivity index (χ1v) is 7.59. The molecule has 0 radical (unpaired) electrons. The number of hydrogen-bond donors (Lipinski definition) is 1. The number of methoxy groups -OCH3 is 1. The highest BCUT2D eigenvalue weighted by Gasteiger charge is 2.16. The van der Waals surface area contributed by atoms with Gasteiger partial charge in [-0.1, -0.05) is 23.7 Å². The Kier molecular flexibility index (Phi) is 5.96. The van der Waals surface area contributed by atoms with Crippen LogP contribution in [0, 0.1) is 0 Å². The van der Waals surface area contributed by atoms with Crippen LogP contribution in [0.15, 0.2) is 42.6 Å². The zero-order chi connectivity index (χ0) is 16.8. The highest BCUT2D eigenvalue weighted by atomic mass is 35.5. The third-order valence-corrected chi connectivity index (χ3v) is 3.75. The third kappa shape index (κ3) is 4.68. The van der Waals surface area contributed by atoms with Crippen molar-refractivity contribution in [1.29, 1.82) is 0 Å². The number of carbonyl (C=O) groups is 1. The highest BCUT2D eigenvalue weighted by Crippen LogP contribution is 2.22. The van der Waals surface area contributed by atoms with E-state index in [2.05, 4.69) is 15.2 Å². The predicted molar refractivity (Wildman–Crippen MR) is 91.0 cm³/mol. The first-order valence-electron chi connectivity index (χ1n) is 7.21. The average molecular weight is 334 g/mol. The molecule has 1 unspecified atom stereocenters. The average Bonchev–Trinajstić information content (AvgIpc) is 2.54. The van der Waals surface area contributed by atoms with E-state index in [0.717, 1.165) is 11.3 Å². The number of carbonyl (C=O) groups excluding carboxylic acids is 1. The lowest BCUT2D eigenvalue weighted by Gasteiger charge is -2.25. The first kappa shape index (κ1) is 17.2. The van der Waals surface area contributed by atoms with Crippen molar-refractivity contribution in [3.8, 4) is 5.75 Å². The molecule has 1 amide bonds. The number of amides is 1. The van der Waals surface area contributed by atoms with Gasteiger partial charge in [0, 0.05) is 18.3 Å². The Bertz CT molecular complexity index is 676. The van der Waals surface area contributed by atoms with Gasteiger partial charge in [-0.25, -0.2) is 4.98 Å². The number of pyridine rings is 1. The van der Waals surface area contributed by atoms with Crippen molar-refractivity contribution in [2.75, 3.05) is 27.7 Å². The topological polar surface area (TPSA) is 54.5 Å². The number of hydrogen-bond acceptors (Lipinski definition) is 4. The molecule has 5 nitrogen and oxygen atoms in total. The van der Waals surface area contributed by atoms with E-state index in [1.807, 2.05) is 38.4 Å². The van der Waals surface area contributed by atoms with E-state index in [1.54, 1.807) is 19.2 Å². The van der Waals surface area contributed by atoms with Crippen LogP contribution in [0.5, 0.6) is 5.75 Å². The van der Waals surface area contributed by atoms with Crippen LogP contribution in [-0.4, -0.2) is 43.5 Å². The fraction of sp³-hybridized carbons (Fsp3) is 0.294. The normalized spacial score (nSPS) is 12.0. The SMILES string of the molecule is COc1cccc(C(CNC(=O)c2ccnc(Cl)c2)N(C)C)c1. The van der Waals surface area contributed by atoms with Gasteiger partial charge in [0.2, 0.25) is 0 Å². The zero-order valence-corrected chi connectivity index (χ0v) is 14.2. The molecular formula is C17H20ClN3O2. The molecule has 122 valence electrons. The summed E-state index contributed by atoms with van der Waals surface area (Å²) in [6, 6.07) is 11.0. The number of likely N-dealkylation sites (N-methyl/N-ethyl adjacent to an activating group) is 1. The van der Waals surface area contributed by atoms with Crippen molar-refractivity contribution in [2.24, 2.45) is 0 Å². The molecular weight excluding hydrogens is 314 g/mol. The van der Waals surface area contributed by atoms with Crippen LogP contribution in [0.1, 0.15) is 22.0 Å². The highest BCUT2D eigenvalue weighted by molar-refractivity contribution is 6.29. The van der Waals surface area contributed by atoms with E-state index in [1.165, 1.54) is 6.20 Å². The Morgan fingerprint density at radius 3 is 2.78 bits per heavy atom. The molecule has 2 rings (SSSR count). The lowest BCUT2D eigenvalue weighted by atomic mass is 10.1. The van der Waals surface area contributed by atoms with Crippen molar-refractivity contribution in [1.82, 2.24) is 15.2 Å². The maximum atomic E-state index is 12.2. The van der Waals surface area contributed by atoms with E-state index < -0.39 is 0 Å². The molecule has 0 bridgehead atoms. The van der Waals surface area contributed by atoms with Gasteiger partial charge in [0.1, 0.15) is 10.9 Å². The second kappa shape index (κ2) is 7.94. The molecule has 1 aromatic carbocycles. The molecule has 0 saturated heterocycles. The Hall–Kier alpha value is -2.11. The lowest BCUT2D eigenvalue weighted by Crippen LogP contribution is -2.34. The van der Waals surface area contributed by atoms with Gasteiger partial charge < -0.3 is 15.0 Å². The molecule has 1 heterocycles. The van der Waals surface area contributed by atoms with Gasteiger partial charge >= 0.3 is 0 Å². The maximum Gasteiger partial charge on any atom is 0.251 e. The minimum absolute atomic E-state index is 0.0337. The Labute approximate surface area is 141 Å². The fourth-order valence-corrected chi connectivity index (χ4v) is 2.46. The molecule has 0 fully saturated rings. The van der Waals surface area contributed by atoms with Gasteiger partial charge in [0.25, 0.3) is 5.91 Å². The van der Waals surface area contributed by atoms with Crippen LogP contribution in [0.2, 0.25) is 5.15 Å². The standard InChI is InChI=1S/C17H20ClN3O2/c1-21(2)15(12-5-4-6-14(9-12)23-3)11-20-17(22)13-7-8-19-16(18)10-13/h4-10,15H,11H2,1-3H3,(H,20,22). The summed E-state index contributed by atoms with van der Waals surface area (Å²) < 4.78 is 5.27. The number of ether oxygens (including phenoxy) is 1. The number of aromatic nitrogens is 1. The smallest absolute Gasteiger partial charge is 0.251 e. The molecule has 6 heteroatoms. The van der Waals surface area contributed by atoms with Crippen LogP contribution < -0.4 is 10.1 Å². The zero-order valence-electron chi connectivity index (χ0n) is 13.4. The van der Waals surface area contributed by atoms with Crippen molar-refractivity contribution in [3.63, 3.8) is 0 Å². The van der Waals surface area contributed by atoms with Gasteiger partial charge in [-0.3, -0.25) is 4.79 Å². The Morgan fingerprint density at radius 1 is 1.35 bits per heavy atom. The first-order chi connectivity index (χ1) is 11.0. The Morgan fingerprint density at radius 2 is 2.13 bits per heavy atom. The molecule has 0 aliphatic rings. The summed E-state index contributed by atoms with van der Waals surface area (Å²) in [5.74, 6) is 0.616. The molecule has 0 aliphatic carbocycles. The van der Waals surface area contributed by atoms with Crippen molar-refractivity contribution in [2.45, 2.75) is 6.04 Å². The third-order valence-electron chi connectivity index (χ3n) is 3.55. The molecule has 2 aromatic rings. The van der Waals surface area contributed by atoms with E-state index >= 15 is 0 Å². The minimum Gasteiger partial charge on any atom is -0.497 e. The number of rotatable bonds is 6. The quantitative estimate of drug-likeness (QED) is 0.826. The van der Waals surface area contributed by atoms with E-state index in [9.17, 15) is 4.79 Å². The van der Waals surface area contributed by atoms with E-state index in [4.69, 9.17) is 16.3 Å². The van der Waals surface area contributed by atoms with Gasteiger partial charge in [-0.2, -0.15) is 0 Å². The van der Waals surface area contributed by atoms with Crippen molar-refractivity contribution >= 4 is 17.5 Å². The predicted octanol–water partition coefficient (Wildman–Crippen LogP) is 2.78. The van der Waals surface area contributed by atoms with Crippen LogP contribution in [0.3, 0.4) is 0 Å². The number of nitrogens with zero attached hydrogens (tertiary/aromatic N) is 2. The van der Waals surface area contributed by atoms with Crippen LogP contribution >= 0.6 is 11.6 Å². The molecule has 0 aliphatic heterocycles. The summed E-state index contributed by atoms with van der Waals surface area (Å²) in [6.45, 7) is 0.471. The summed E-state index contributed by atoms with van der Waals surface area (Å²) in [7, 11) is 5.58. The lowest BCUT2D eigenvalue weighted by molar-refractivity contribution is 0.0942. The minimum atomic E-state index is -0.177. The van der Waals surface area contributed by atoms with Gasteiger partial charge in [0.05, 0.1) is 13.2 Å². The molecule has 23 heavy (non-hydrogen) atoms. The maximum absolute atomic E-state index is 12.2. The summed E-state index contributed by atoms with van der Waals surface area (Å²) >= 11 is 5.82. The second-order valence-electron chi connectivity index (χ2n) is 5.33. The van der Waals surface area contributed by atoms with E-state index in [-0.39, 0.29) is 11.9 Å². The van der Waals surface area contributed by atoms with Gasteiger partial charge in [-0.15, -0.1) is 0 Å². The Balaban J connectivity index is 2.09. The largest absolute Gasteiger partial charge is 0.497 e. The van der Waals surface area contributed by atoms with Gasteiger partial charge in [0.15, 0.2) is 0 Å². The number of nitrogens with one attached hydrogen (secondary N) is 1. The molecule has 0 spiro atoms. The fourth-order valence-electron chi connectivity index (χ4n) is 2.28. The van der Waals surface area contributed by atoms with Gasteiger partial charge in [-0.05, 0) is 43.9 Å². The number of benzene rings is 1. The molecule has 1 atom stereocenters.